The fraction of sp³-hybridized carbons (Fsp3) is 0.706. The van der Waals surface area contributed by atoms with Gasteiger partial charge in [0.1, 0.15) is 0 Å². The summed E-state index contributed by atoms with van der Waals surface area (Å²) in [6.07, 6.45) is 11.9. The Balaban J connectivity index is 1.42. The van der Waals surface area contributed by atoms with Gasteiger partial charge in [-0.2, -0.15) is 0 Å². The standard InChI is InChI=1S/C17H25N3O/c1-2-6-17-16(5-1)18-13-20(17)15-7-8-19(11-15)10-14-4-3-9-21-12-14/h4,13,15H,1-3,5-12H2/t15-/m1/s1. The zero-order valence-corrected chi connectivity index (χ0v) is 12.8. The average Bonchev–Trinajstić information content (AvgIpc) is 3.14. The number of hydrogen-bond acceptors (Lipinski definition) is 3. The highest BCUT2D eigenvalue weighted by Gasteiger charge is 2.27. The summed E-state index contributed by atoms with van der Waals surface area (Å²) >= 11 is 0. The molecule has 114 valence electrons. The van der Waals surface area contributed by atoms with E-state index < -0.39 is 0 Å². The van der Waals surface area contributed by atoms with E-state index in [2.05, 4.69) is 26.9 Å². The molecule has 3 aliphatic rings. The van der Waals surface area contributed by atoms with Gasteiger partial charge in [-0.15, -0.1) is 0 Å². The number of imidazole rings is 1. The molecule has 0 amide bonds. The van der Waals surface area contributed by atoms with Crippen LogP contribution in [-0.2, 0) is 17.6 Å². The van der Waals surface area contributed by atoms with Crippen LogP contribution in [0.15, 0.2) is 18.0 Å². The Morgan fingerprint density at radius 1 is 1.29 bits per heavy atom. The van der Waals surface area contributed by atoms with Crippen LogP contribution in [-0.4, -0.2) is 47.3 Å². The quantitative estimate of drug-likeness (QED) is 0.800. The summed E-state index contributed by atoms with van der Waals surface area (Å²) in [5.41, 5.74) is 4.35. The molecular formula is C17H25N3O. The van der Waals surface area contributed by atoms with E-state index in [4.69, 9.17) is 4.74 Å². The Bertz CT molecular complexity index is 534. The fourth-order valence-corrected chi connectivity index (χ4v) is 4.00. The second-order valence-corrected chi connectivity index (χ2v) is 6.63. The summed E-state index contributed by atoms with van der Waals surface area (Å²) in [5, 5.41) is 0. The number of aromatic nitrogens is 2. The van der Waals surface area contributed by atoms with Crippen molar-refractivity contribution in [2.24, 2.45) is 0 Å². The van der Waals surface area contributed by atoms with Crippen molar-refractivity contribution < 1.29 is 4.74 Å². The van der Waals surface area contributed by atoms with Crippen molar-refractivity contribution in [2.75, 3.05) is 32.8 Å². The van der Waals surface area contributed by atoms with E-state index in [1.165, 1.54) is 62.2 Å². The van der Waals surface area contributed by atoms with Gasteiger partial charge in [0, 0.05) is 31.4 Å². The number of nitrogens with zero attached hydrogens (tertiary/aromatic N) is 3. The Morgan fingerprint density at radius 3 is 3.14 bits per heavy atom. The molecule has 0 N–H and O–H groups in total. The van der Waals surface area contributed by atoms with Crippen molar-refractivity contribution in [3.8, 4) is 0 Å². The van der Waals surface area contributed by atoms with E-state index >= 15 is 0 Å². The van der Waals surface area contributed by atoms with Crippen molar-refractivity contribution in [3.63, 3.8) is 0 Å². The Labute approximate surface area is 126 Å². The van der Waals surface area contributed by atoms with Gasteiger partial charge in [0.2, 0.25) is 0 Å². The summed E-state index contributed by atoms with van der Waals surface area (Å²) in [5.74, 6) is 0. The lowest BCUT2D eigenvalue weighted by Gasteiger charge is -2.22. The molecule has 0 saturated carbocycles. The third kappa shape index (κ3) is 2.79. The molecule has 1 aromatic heterocycles. The van der Waals surface area contributed by atoms with Gasteiger partial charge in [0.15, 0.2) is 0 Å². The summed E-state index contributed by atoms with van der Waals surface area (Å²) in [6.45, 7) is 5.19. The van der Waals surface area contributed by atoms with Crippen molar-refractivity contribution in [1.29, 1.82) is 0 Å². The Hall–Kier alpha value is -1.13. The summed E-state index contributed by atoms with van der Waals surface area (Å²) in [7, 11) is 0. The molecule has 0 radical (unpaired) electrons. The van der Waals surface area contributed by atoms with E-state index in [1.54, 1.807) is 0 Å². The van der Waals surface area contributed by atoms with Gasteiger partial charge in [0.25, 0.3) is 0 Å². The monoisotopic (exact) mass is 287 g/mol. The van der Waals surface area contributed by atoms with Gasteiger partial charge in [-0.1, -0.05) is 6.08 Å². The maximum atomic E-state index is 5.56. The summed E-state index contributed by atoms with van der Waals surface area (Å²) in [4.78, 5) is 7.24. The number of rotatable bonds is 3. The van der Waals surface area contributed by atoms with Crippen molar-refractivity contribution in [1.82, 2.24) is 14.5 Å². The van der Waals surface area contributed by atoms with Gasteiger partial charge in [-0.05, 0) is 44.1 Å². The second-order valence-electron chi connectivity index (χ2n) is 6.63. The number of fused-ring (bicyclic) bond motifs is 1. The minimum Gasteiger partial charge on any atom is -0.377 e. The van der Waals surface area contributed by atoms with Gasteiger partial charge < -0.3 is 9.30 Å². The first kappa shape index (κ1) is 13.5. The van der Waals surface area contributed by atoms with Crippen LogP contribution in [0.2, 0.25) is 0 Å². The van der Waals surface area contributed by atoms with Crippen molar-refractivity contribution in [3.05, 3.63) is 29.4 Å². The lowest BCUT2D eigenvalue weighted by atomic mass is 10.0. The molecular weight excluding hydrogens is 262 g/mol. The number of hydrogen-bond donors (Lipinski definition) is 0. The first-order chi connectivity index (χ1) is 10.4. The molecule has 0 unspecified atom stereocenters. The van der Waals surface area contributed by atoms with Crippen LogP contribution in [0.3, 0.4) is 0 Å². The predicted octanol–water partition coefficient (Wildman–Crippen LogP) is 2.36. The van der Waals surface area contributed by atoms with Gasteiger partial charge in [-0.25, -0.2) is 4.98 Å². The number of likely N-dealkylation sites (tertiary alicyclic amines) is 1. The molecule has 4 heteroatoms. The van der Waals surface area contributed by atoms with E-state index in [-0.39, 0.29) is 0 Å². The highest BCUT2D eigenvalue weighted by atomic mass is 16.5. The SMILES string of the molecule is C1=C(CN2CC[C@@H](n3cnc4c3CCCC4)C2)COCC1. The predicted molar refractivity (Wildman–Crippen MR) is 82.5 cm³/mol. The lowest BCUT2D eigenvalue weighted by Crippen LogP contribution is -2.26. The van der Waals surface area contributed by atoms with Crippen molar-refractivity contribution >= 4 is 0 Å². The minimum absolute atomic E-state index is 0.629. The van der Waals surface area contributed by atoms with Crippen molar-refractivity contribution in [2.45, 2.75) is 44.6 Å². The second kappa shape index (κ2) is 5.93. The first-order valence-corrected chi connectivity index (χ1v) is 8.43. The minimum atomic E-state index is 0.629. The largest absolute Gasteiger partial charge is 0.377 e. The van der Waals surface area contributed by atoms with Gasteiger partial charge >= 0.3 is 0 Å². The van der Waals surface area contributed by atoms with Crippen LogP contribution in [0.25, 0.3) is 0 Å². The molecule has 1 atom stereocenters. The van der Waals surface area contributed by atoms with Gasteiger partial charge in [-0.3, -0.25) is 4.90 Å². The highest BCUT2D eigenvalue weighted by Crippen LogP contribution is 2.28. The molecule has 4 rings (SSSR count). The van der Waals surface area contributed by atoms with Crippen LogP contribution < -0.4 is 0 Å². The molecule has 21 heavy (non-hydrogen) atoms. The Morgan fingerprint density at radius 2 is 2.24 bits per heavy atom. The summed E-state index contributed by atoms with van der Waals surface area (Å²) in [6, 6.07) is 0.629. The van der Waals surface area contributed by atoms with E-state index in [0.717, 1.165) is 26.2 Å². The van der Waals surface area contributed by atoms with Crippen LogP contribution in [0.5, 0.6) is 0 Å². The average molecular weight is 287 g/mol. The van der Waals surface area contributed by atoms with E-state index in [1.807, 2.05) is 0 Å². The van der Waals surface area contributed by atoms with Crippen LogP contribution in [0.1, 0.15) is 43.1 Å². The van der Waals surface area contributed by atoms with Gasteiger partial charge in [0.05, 0.1) is 25.2 Å². The summed E-state index contributed by atoms with van der Waals surface area (Å²) < 4.78 is 8.04. The van der Waals surface area contributed by atoms with E-state index in [9.17, 15) is 0 Å². The lowest BCUT2D eigenvalue weighted by molar-refractivity contribution is 0.143. The highest BCUT2D eigenvalue weighted by molar-refractivity contribution is 5.18. The third-order valence-electron chi connectivity index (χ3n) is 5.11. The van der Waals surface area contributed by atoms with Crippen LogP contribution in [0.4, 0.5) is 0 Å². The molecule has 1 fully saturated rings. The molecule has 1 aliphatic carbocycles. The molecule has 1 aromatic rings. The number of aryl methyl sites for hydroxylation is 1. The zero-order chi connectivity index (χ0) is 14.1. The molecule has 1 saturated heterocycles. The topological polar surface area (TPSA) is 30.3 Å². The maximum Gasteiger partial charge on any atom is 0.0954 e. The number of ether oxygens (including phenoxy) is 1. The molecule has 0 bridgehead atoms. The third-order valence-corrected chi connectivity index (χ3v) is 5.11. The maximum absolute atomic E-state index is 5.56. The normalized spacial score (nSPS) is 26.7. The molecule has 3 heterocycles. The molecule has 4 nitrogen and oxygen atoms in total. The molecule has 2 aliphatic heterocycles. The zero-order valence-electron chi connectivity index (χ0n) is 12.8. The van der Waals surface area contributed by atoms with Crippen LogP contribution in [0, 0.1) is 0 Å². The molecule has 0 aromatic carbocycles. The van der Waals surface area contributed by atoms with E-state index in [0.29, 0.717) is 6.04 Å². The fourth-order valence-electron chi connectivity index (χ4n) is 4.00. The smallest absolute Gasteiger partial charge is 0.0954 e. The van der Waals surface area contributed by atoms with Crippen LogP contribution >= 0.6 is 0 Å². The molecule has 0 spiro atoms. The Kier molecular flexibility index (Phi) is 3.82. The first-order valence-electron chi connectivity index (χ1n) is 8.43.